The van der Waals surface area contributed by atoms with Crippen LogP contribution in [0.2, 0.25) is 0 Å². The fraction of sp³-hybridized carbons (Fsp3) is 0.294. The van der Waals surface area contributed by atoms with Gasteiger partial charge in [0.1, 0.15) is 0 Å². The number of rotatable bonds is 4. The molecule has 2 heterocycles. The Kier molecular flexibility index (Phi) is 4.91. The second-order valence-electron chi connectivity index (χ2n) is 5.98. The first kappa shape index (κ1) is 17.6. The number of thiophene rings is 1. The summed E-state index contributed by atoms with van der Waals surface area (Å²) in [7, 11) is -1.41. The second kappa shape index (κ2) is 6.97. The van der Waals surface area contributed by atoms with Crippen LogP contribution in [0, 0.1) is 0 Å². The van der Waals surface area contributed by atoms with Gasteiger partial charge >= 0.3 is 0 Å². The molecule has 6 nitrogen and oxygen atoms in total. The van der Waals surface area contributed by atoms with E-state index >= 15 is 0 Å². The van der Waals surface area contributed by atoms with Crippen molar-refractivity contribution >= 4 is 38.7 Å². The molecule has 0 aliphatic carbocycles. The fourth-order valence-corrected chi connectivity index (χ4v) is 5.14. The predicted molar refractivity (Wildman–Crippen MR) is 97.9 cm³/mol. The van der Waals surface area contributed by atoms with Crippen molar-refractivity contribution in [3.8, 4) is 0 Å². The van der Waals surface area contributed by atoms with Crippen LogP contribution in [-0.4, -0.2) is 49.7 Å². The van der Waals surface area contributed by atoms with Gasteiger partial charge in [0.15, 0.2) is 9.84 Å². The molecule has 1 atom stereocenters. The summed E-state index contributed by atoms with van der Waals surface area (Å²) in [6, 6.07) is 9.85. The van der Waals surface area contributed by atoms with Crippen LogP contribution >= 0.6 is 11.3 Å². The standard InChI is InChI=1S/C17H18N2O4S2/c1-19(14-8-10-25(22,23)11-14)17(21)12-4-6-13(7-5-12)18-16(20)15-3-2-9-24-15/h2-7,9,14H,8,10-11H2,1H3,(H,18,20). The molecule has 25 heavy (non-hydrogen) atoms. The average molecular weight is 378 g/mol. The molecule has 0 saturated carbocycles. The van der Waals surface area contributed by atoms with Crippen LogP contribution in [0.15, 0.2) is 41.8 Å². The highest BCUT2D eigenvalue weighted by Gasteiger charge is 2.33. The summed E-state index contributed by atoms with van der Waals surface area (Å²) in [6.07, 6.45) is 0.472. The Hall–Kier alpha value is -2.19. The molecule has 1 aromatic heterocycles. The fourth-order valence-electron chi connectivity index (χ4n) is 2.75. The van der Waals surface area contributed by atoms with Crippen LogP contribution in [0.4, 0.5) is 5.69 Å². The van der Waals surface area contributed by atoms with Gasteiger partial charge in [-0.25, -0.2) is 8.42 Å². The van der Waals surface area contributed by atoms with Crippen LogP contribution in [0.5, 0.6) is 0 Å². The van der Waals surface area contributed by atoms with Gasteiger partial charge in [-0.3, -0.25) is 9.59 Å². The van der Waals surface area contributed by atoms with Gasteiger partial charge in [0, 0.05) is 24.3 Å². The number of hydrogen-bond donors (Lipinski definition) is 1. The largest absolute Gasteiger partial charge is 0.338 e. The Bertz CT molecular complexity index is 874. The summed E-state index contributed by atoms with van der Waals surface area (Å²) >= 11 is 1.35. The summed E-state index contributed by atoms with van der Waals surface area (Å²) in [6.45, 7) is 0. The SMILES string of the molecule is CN(C(=O)c1ccc(NC(=O)c2cccs2)cc1)C1CCS(=O)(=O)C1. The van der Waals surface area contributed by atoms with Gasteiger partial charge in [-0.05, 0) is 42.1 Å². The number of carbonyl (C=O) groups excluding carboxylic acids is 2. The zero-order chi connectivity index (χ0) is 18.0. The molecule has 2 amide bonds. The highest BCUT2D eigenvalue weighted by molar-refractivity contribution is 7.91. The number of amides is 2. The molecule has 1 unspecified atom stereocenters. The first-order valence-electron chi connectivity index (χ1n) is 7.78. The third-order valence-corrected chi connectivity index (χ3v) is 6.83. The van der Waals surface area contributed by atoms with E-state index in [0.29, 0.717) is 22.5 Å². The zero-order valence-corrected chi connectivity index (χ0v) is 15.3. The summed E-state index contributed by atoms with van der Waals surface area (Å²) in [4.78, 5) is 26.6. The summed E-state index contributed by atoms with van der Waals surface area (Å²) < 4.78 is 23.1. The predicted octanol–water partition coefficient (Wildman–Crippen LogP) is 2.26. The van der Waals surface area contributed by atoms with E-state index in [2.05, 4.69) is 5.32 Å². The quantitative estimate of drug-likeness (QED) is 0.885. The third kappa shape index (κ3) is 4.08. The molecule has 1 N–H and O–H groups in total. The number of anilines is 1. The van der Waals surface area contributed by atoms with E-state index in [0.717, 1.165) is 0 Å². The minimum Gasteiger partial charge on any atom is -0.338 e. The molecule has 132 valence electrons. The summed E-state index contributed by atoms with van der Waals surface area (Å²) in [5.74, 6) is -0.270. The van der Waals surface area contributed by atoms with Gasteiger partial charge in [-0.2, -0.15) is 0 Å². The van der Waals surface area contributed by atoms with E-state index in [4.69, 9.17) is 0 Å². The lowest BCUT2D eigenvalue weighted by Crippen LogP contribution is -2.37. The van der Waals surface area contributed by atoms with Crippen LogP contribution < -0.4 is 5.32 Å². The smallest absolute Gasteiger partial charge is 0.265 e. The molecule has 1 aromatic carbocycles. The molecule has 0 spiro atoms. The van der Waals surface area contributed by atoms with Crippen LogP contribution in [0.25, 0.3) is 0 Å². The molecule has 1 saturated heterocycles. The Morgan fingerprint density at radius 3 is 2.48 bits per heavy atom. The molecule has 1 fully saturated rings. The number of benzene rings is 1. The van der Waals surface area contributed by atoms with E-state index in [1.165, 1.54) is 16.2 Å². The topological polar surface area (TPSA) is 83.6 Å². The van der Waals surface area contributed by atoms with E-state index in [-0.39, 0.29) is 29.4 Å². The Morgan fingerprint density at radius 2 is 1.92 bits per heavy atom. The van der Waals surface area contributed by atoms with Crippen molar-refractivity contribution < 1.29 is 18.0 Å². The van der Waals surface area contributed by atoms with Crippen LogP contribution in [-0.2, 0) is 9.84 Å². The van der Waals surface area contributed by atoms with Crippen molar-refractivity contribution in [3.05, 3.63) is 52.2 Å². The highest BCUT2D eigenvalue weighted by Crippen LogP contribution is 2.20. The van der Waals surface area contributed by atoms with E-state index in [1.54, 1.807) is 43.4 Å². The van der Waals surface area contributed by atoms with Crippen molar-refractivity contribution in [2.24, 2.45) is 0 Å². The molecule has 1 aliphatic heterocycles. The maximum Gasteiger partial charge on any atom is 0.265 e. The van der Waals surface area contributed by atoms with E-state index < -0.39 is 9.84 Å². The van der Waals surface area contributed by atoms with Crippen molar-refractivity contribution in [1.29, 1.82) is 0 Å². The molecule has 1 aliphatic rings. The molecule has 2 aromatic rings. The average Bonchev–Trinajstić information content (AvgIpc) is 3.23. The van der Waals surface area contributed by atoms with Gasteiger partial charge < -0.3 is 10.2 Å². The number of nitrogens with one attached hydrogen (secondary N) is 1. The highest BCUT2D eigenvalue weighted by atomic mass is 32.2. The first-order chi connectivity index (χ1) is 11.9. The monoisotopic (exact) mass is 378 g/mol. The molecule has 3 rings (SSSR count). The van der Waals surface area contributed by atoms with Gasteiger partial charge in [0.25, 0.3) is 11.8 Å². The van der Waals surface area contributed by atoms with Crippen molar-refractivity contribution in [3.63, 3.8) is 0 Å². The third-order valence-electron chi connectivity index (χ3n) is 4.21. The van der Waals surface area contributed by atoms with Crippen molar-refractivity contribution in [2.75, 3.05) is 23.9 Å². The van der Waals surface area contributed by atoms with Gasteiger partial charge in [-0.1, -0.05) is 6.07 Å². The minimum atomic E-state index is -3.04. The maximum absolute atomic E-state index is 12.5. The normalized spacial score (nSPS) is 18.7. The summed E-state index contributed by atoms with van der Waals surface area (Å²) in [5.41, 5.74) is 1.06. The Labute approximate surface area is 150 Å². The minimum absolute atomic E-state index is 0.0181. The second-order valence-corrected chi connectivity index (χ2v) is 9.16. The Morgan fingerprint density at radius 1 is 1.20 bits per heavy atom. The number of sulfone groups is 1. The molecular formula is C17H18N2O4S2. The van der Waals surface area contributed by atoms with Gasteiger partial charge in [0.05, 0.1) is 16.4 Å². The van der Waals surface area contributed by atoms with Crippen LogP contribution in [0.3, 0.4) is 0 Å². The van der Waals surface area contributed by atoms with Gasteiger partial charge in [-0.15, -0.1) is 11.3 Å². The lowest BCUT2D eigenvalue weighted by Gasteiger charge is -2.23. The maximum atomic E-state index is 12.5. The van der Waals surface area contributed by atoms with Crippen molar-refractivity contribution in [1.82, 2.24) is 4.90 Å². The van der Waals surface area contributed by atoms with Crippen LogP contribution in [0.1, 0.15) is 26.5 Å². The molecule has 0 bridgehead atoms. The lowest BCUT2D eigenvalue weighted by molar-refractivity contribution is 0.0747. The Balaban J connectivity index is 1.65. The molecule has 8 heteroatoms. The number of carbonyl (C=O) groups is 2. The summed E-state index contributed by atoms with van der Waals surface area (Å²) in [5, 5.41) is 4.60. The lowest BCUT2D eigenvalue weighted by atomic mass is 10.1. The zero-order valence-electron chi connectivity index (χ0n) is 13.6. The van der Waals surface area contributed by atoms with E-state index in [9.17, 15) is 18.0 Å². The number of hydrogen-bond acceptors (Lipinski definition) is 5. The van der Waals surface area contributed by atoms with E-state index in [1.807, 2.05) is 5.38 Å². The molecular weight excluding hydrogens is 360 g/mol. The van der Waals surface area contributed by atoms with Gasteiger partial charge in [0.2, 0.25) is 0 Å². The van der Waals surface area contributed by atoms with Crippen molar-refractivity contribution in [2.45, 2.75) is 12.5 Å². The number of nitrogens with zero attached hydrogens (tertiary/aromatic N) is 1. The first-order valence-corrected chi connectivity index (χ1v) is 10.5. The molecule has 0 radical (unpaired) electrons.